The Hall–Kier alpha value is -2.38. The van der Waals surface area contributed by atoms with Crippen LogP contribution < -0.4 is 5.43 Å². The predicted molar refractivity (Wildman–Crippen MR) is 84.0 cm³/mol. The smallest absolute Gasteiger partial charge is 0.285 e. The van der Waals surface area contributed by atoms with E-state index in [1.165, 1.54) is 24.4 Å². The standard InChI is InChI=1S/C14H10ClN3O3S/c15-10-5-6-12(19)9(7-10)8-16-17-14-11-3-1-2-4-13(11)22(20,21)18-14/h1-8,19H,(H,17,18). The first-order chi connectivity index (χ1) is 10.5. The second-order valence-corrected chi connectivity index (χ2v) is 6.49. The van der Waals surface area contributed by atoms with E-state index in [1.54, 1.807) is 24.3 Å². The Labute approximate surface area is 131 Å². The Morgan fingerprint density at radius 3 is 2.82 bits per heavy atom. The van der Waals surface area contributed by atoms with Gasteiger partial charge in [0.05, 0.1) is 6.21 Å². The number of phenolic OH excluding ortho intramolecular Hbond substituents is 1. The van der Waals surface area contributed by atoms with Gasteiger partial charge in [-0.25, -0.2) is 0 Å². The highest BCUT2D eigenvalue weighted by atomic mass is 35.5. The molecule has 0 spiro atoms. The molecule has 0 amide bonds. The molecule has 2 aromatic carbocycles. The Morgan fingerprint density at radius 2 is 2.00 bits per heavy atom. The summed E-state index contributed by atoms with van der Waals surface area (Å²) in [5.41, 5.74) is 3.43. The SMILES string of the molecule is O=S1(=O)N=C(NN=Cc2cc(Cl)ccc2O)c2ccccc21. The van der Waals surface area contributed by atoms with Crippen LogP contribution in [0, 0.1) is 0 Å². The summed E-state index contributed by atoms with van der Waals surface area (Å²) in [4.78, 5) is 0.137. The second kappa shape index (κ2) is 5.43. The maximum Gasteiger partial charge on any atom is 0.285 e. The van der Waals surface area contributed by atoms with Crippen LogP contribution in [-0.2, 0) is 10.0 Å². The summed E-state index contributed by atoms with van der Waals surface area (Å²) in [6.07, 6.45) is 1.33. The molecule has 1 heterocycles. The van der Waals surface area contributed by atoms with Crippen molar-refractivity contribution >= 4 is 33.7 Å². The number of benzene rings is 2. The van der Waals surface area contributed by atoms with E-state index in [0.29, 0.717) is 16.1 Å². The lowest BCUT2D eigenvalue weighted by Crippen LogP contribution is -2.17. The molecule has 0 atom stereocenters. The van der Waals surface area contributed by atoms with Gasteiger partial charge in [0.2, 0.25) is 0 Å². The number of nitrogens with zero attached hydrogens (tertiary/aromatic N) is 2. The summed E-state index contributed by atoms with van der Waals surface area (Å²) in [7, 11) is -3.68. The quantitative estimate of drug-likeness (QED) is 0.649. The average Bonchev–Trinajstić information content (AvgIpc) is 2.75. The number of halogens is 1. The van der Waals surface area contributed by atoms with Crippen molar-refractivity contribution in [2.75, 3.05) is 0 Å². The van der Waals surface area contributed by atoms with Crippen molar-refractivity contribution in [2.24, 2.45) is 9.50 Å². The first-order valence-corrected chi connectivity index (χ1v) is 8.01. The van der Waals surface area contributed by atoms with Crippen LogP contribution in [0.5, 0.6) is 5.75 Å². The molecule has 0 aliphatic carbocycles. The average molecular weight is 336 g/mol. The van der Waals surface area contributed by atoms with Gasteiger partial charge in [-0.05, 0) is 30.3 Å². The number of rotatable bonds is 2. The van der Waals surface area contributed by atoms with Crippen molar-refractivity contribution < 1.29 is 13.5 Å². The third-order valence-corrected chi connectivity index (χ3v) is 4.57. The zero-order valence-corrected chi connectivity index (χ0v) is 12.6. The van der Waals surface area contributed by atoms with Gasteiger partial charge in [-0.15, -0.1) is 4.40 Å². The lowest BCUT2D eigenvalue weighted by Gasteiger charge is -2.01. The van der Waals surface area contributed by atoms with Gasteiger partial charge in [-0.2, -0.15) is 13.5 Å². The Bertz CT molecular complexity index is 907. The van der Waals surface area contributed by atoms with Crippen molar-refractivity contribution in [3.63, 3.8) is 0 Å². The van der Waals surface area contributed by atoms with Gasteiger partial charge in [-0.1, -0.05) is 23.7 Å². The van der Waals surface area contributed by atoms with Crippen molar-refractivity contribution in [3.05, 3.63) is 58.6 Å². The van der Waals surface area contributed by atoms with Crippen LogP contribution in [0.2, 0.25) is 5.02 Å². The molecule has 2 aromatic rings. The van der Waals surface area contributed by atoms with Crippen molar-refractivity contribution in [1.82, 2.24) is 5.43 Å². The van der Waals surface area contributed by atoms with E-state index in [9.17, 15) is 13.5 Å². The molecule has 0 aromatic heterocycles. The van der Waals surface area contributed by atoms with Crippen LogP contribution in [0.1, 0.15) is 11.1 Å². The van der Waals surface area contributed by atoms with Gasteiger partial charge in [-0.3, -0.25) is 5.43 Å². The molecule has 0 bridgehead atoms. The van der Waals surface area contributed by atoms with Gasteiger partial charge < -0.3 is 5.11 Å². The van der Waals surface area contributed by atoms with E-state index in [0.717, 1.165) is 0 Å². The summed E-state index contributed by atoms with van der Waals surface area (Å²) >= 11 is 5.83. The van der Waals surface area contributed by atoms with E-state index >= 15 is 0 Å². The molecule has 8 heteroatoms. The van der Waals surface area contributed by atoms with Gasteiger partial charge in [0, 0.05) is 16.1 Å². The number of nitrogens with one attached hydrogen (secondary N) is 1. The van der Waals surface area contributed by atoms with Gasteiger partial charge in [0.25, 0.3) is 10.0 Å². The molecule has 0 saturated carbocycles. The van der Waals surface area contributed by atoms with Crippen molar-refractivity contribution in [3.8, 4) is 5.75 Å². The summed E-state index contributed by atoms with van der Waals surface area (Å²) in [5, 5.41) is 14.0. The summed E-state index contributed by atoms with van der Waals surface area (Å²) in [5.74, 6) is 0.143. The Kier molecular flexibility index (Phi) is 3.59. The number of sulfonamides is 1. The second-order valence-electron chi connectivity index (χ2n) is 4.48. The number of aromatic hydroxyl groups is 1. The molecule has 0 unspecified atom stereocenters. The van der Waals surface area contributed by atoms with Crippen LogP contribution in [0.4, 0.5) is 0 Å². The maximum absolute atomic E-state index is 11.9. The molecule has 3 rings (SSSR count). The minimum atomic E-state index is -3.68. The van der Waals surface area contributed by atoms with E-state index in [2.05, 4.69) is 14.9 Å². The number of amidine groups is 1. The van der Waals surface area contributed by atoms with E-state index in [4.69, 9.17) is 11.6 Å². The Morgan fingerprint density at radius 1 is 1.23 bits per heavy atom. The van der Waals surface area contributed by atoms with Crippen LogP contribution in [0.15, 0.2) is 56.9 Å². The molecular weight excluding hydrogens is 326 g/mol. The number of hydrogen-bond donors (Lipinski definition) is 2. The van der Waals surface area contributed by atoms with E-state index in [-0.39, 0.29) is 16.5 Å². The number of phenols is 1. The number of fused-ring (bicyclic) bond motifs is 1. The third-order valence-electron chi connectivity index (χ3n) is 3.00. The summed E-state index contributed by atoms with van der Waals surface area (Å²) < 4.78 is 27.4. The molecule has 0 fully saturated rings. The highest BCUT2D eigenvalue weighted by Gasteiger charge is 2.28. The normalized spacial score (nSPS) is 15.6. The van der Waals surface area contributed by atoms with Crippen molar-refractivity contribution in [2.45, 2.75) is 4.90 Å². The molecule has 0 saturated heterocycles. The monoisotopic (exact) mass is 335 g/mol. The zero-order valence-electron chi connectivity index (χ0n) is 11.1. The highest BCUT2D eigenvalue weighted by Crippen LogP contribution is 2.25. The van der Waals surface area contributed by atoms with Crippen molar-refractivity contribution in [1.29, 1.82) is 0 Å². The first kappa shape index (κ1) is 14.6. The Balaban J connectivity index is 1.86. The fourth-order valence-electron chi connectivity index (χ4n) is 1.98. The van der Waals surface area contributed by atoms with Gasteiger partial charge in [0.15, 0.2) is 5.84 Å². The number of hydrazone groups is 1. The lowest BCUT2D eigenvalue weighted by atomic mass is 10.2. The first-order valence-electron chi connectivity index (χ1n) is 6.19. The van der Waals surface area contributed by atoms with E-state index < -0.39 is 10.0 Å². The maximum atomic E-state index is 11.9. The zero-order chi connectivity index (χ0) is 15.7. The molecule has 1 aliphatic rings. The highest BCUT2D eigenvalue weighted by molar-refractivity contribution is 7.90. The molecular formula is C14H10ClN3O3S. The predicted octanol–water partition coefficient (Wildman–Crippen LogP) is 2.12. The van der Waals surface area contributed by atoms with Gasteiger partial charge >= 0.3 is 0 Å². The largest absolute Gasteiger partial charge is 0.507 e. The fraction of sp³-hybridized carbons (Fsp3) is 0. The minimum Gasteiger partial charge on any atom is -0.507 e. The summed E-state index contributed by atoms with van der Waals surface area (Å²) in [6.45, 7) is 0. The van der Waals surface area contributed by atoms with Crippen LogP contribution >= 0.6 is 11.6 Å². The number of hydrogen-bond acceptors (Lipinski definition) is 5. The van der Waals surface area contributed by atoms with Gasteiger partial charge in [0.1, 0.15) is 10.6 Å². The van der Waals surface area contributed by atoms with E-state index in [1.807, 2.05) is 0 Å². The molecule has 1 aliphatic heterocycles. The molecule has 0 radical (unpaired) electrons. The lowest BCUT2D eigenvalue weighted by molar-refractivity contribution is 0.474. The van der Waals surface area contributed by atoms with Crippen LogP contribution in [-0.4, -0.2) is 25.6 Å². The molecule has 2 N–H and O–H groups in total. The molecule has 112 valence electrons. The molecule has 22 heavy (non-hydrogen) atoms. The third kappa shape index (κ3) is 2.68. The van der Waals surface area contributed by atoms with Crippen LogP contribution in [0.3, 0.4) is 0 Å². The molecule has 6 nitrogen and oxygen atoms in total. The van der Waals surface area contributed by atoms with Crippen LogP contribution in [0.25, 0.3) is 0 Å². The summed E-state index contributed by atoms with van der Waals surface area (Å²) in [6, 6.07) is 11.0. The fourth-order valence-corrected chi connectivity index (χ4v) is 3.33. The topological polar surface area (TPSA) is 91.1 Å². The minimum absolute atomic E-state index is 0.0105.